The fourth-order valence-electron chi connectivity index (χ4n) is 2.68. The Balaban J connectivity index is 1.77. The molecular weight excluding hydrogens is 346 g/mol. The zero-order valence-corrected chi connectivity index (χ0v) is 14.4. The third kappa shape index (κ3) is 3.41. The van der Waals surface area contributed by atoms with Gasteiger partial charge in [-0.05, 0) is 23.8 Å². The summed E-state index contributed by atoms with van der Waals surface area (Å²) in [5.41, 5.74) is 4.20. The summed E-state index contributed by atoms with van der Waals surface area (Å²) in [6, 6.07) is 20.6. The normalized spacial score (nSPS) is 10.7. The number of pyridine rings is 1. The molecule has 0 bridgehead atoms. The first-order valence-electron chi connectivity index (χ1n) is 8.04. The summed E-state index contributed by atoms with van der Waals surface area (Å²) >= 11 is 5.96. The van der Waals surface area contributed by atoms with E-state index in [1.54, 1.807) is 12.4 Å². The Kier molecular flexibility index (Phi) is 4.33. The van der Waals surface area contributed by atoms with Crippen LogP contribution in [0.25, 0.3) is 33.8 Å². The molecule has 4 aromatic rings. The highest BCUT2D eigenvalue weighted by Crippen LogP contribution is 2.28. The van der Waals surface area contributed by atoms with Crippen LogP contribution in [0.2, 0.25) is 5.02 Å². The van der Waals surface area contributed by atoms with Gasteiger partial charge in [-0.3, -0.25) is 4.98 Å². The topological polar surface area (TPSA) is 58.9 Å². The summed E-state index contributed by atoms with van der Waals surface area (Å²) in [5.74, 6) is 0.392. The molecule has 0 spiro atoms. The van der Waals surface area contributed by atoms with E-state index in [-0.39, 0.29) is 5.88 Å². The van der Waals surface area contributed by atoms with E-state index in [1.807, 2.05) is 60.7 Å². The predicted molar refractivity (Wildman–Crippen MR) is 103 cm³/mol. The Labute approximate surface area is 155 Å². The average Bonchev–Trinajstić information content (AvgIpc) is 2.69. The highest BCUT2D eigenvalue weighted by atomic mass is 35.5. The van der Waals surface area contributed by atoms with E-state index in [4.69, 9.17) is 11.6 Å². The van der Waals surface area contributed by atoms with Crippen LogP contribution in [0.1, 0.15) is 0 Å². The molecule has 2 heterocycles. The Morgan fingerprint density at radius 2 is 1.42 bits per heavy atom. The van der Waals surface area contributed by atoms with Gasteiger partial charge in [0.25, 0.3) is 0 Å². The second-order valence-corrected chi connectivity index (χ2v) is 6.21. The molecule has 4 rings (SSSR count). The number of benzene rings is 2. The van der Waals surface area contributed by atoms with Crippen molar-refractivity contribution in [3.63, 3.8) is 0 Å². The first kappa shape index (κ1) is 16.2. The van der Waals surface area contributed by atoms with Crippen LogP contribution < -0.4 is 0 Å². The summed E-state index contributed by atoms with van der Waals surface area (Å²) < 4.78 is 0. The molecule has 0 amide bonds. The van der Waals surface area contributed by atoms with Crippen molar-refractivity contribution in [3.05, 3.63) is 84.1 Å². The lowest BCUT2D eigenvalue weighted by molar-refractivity contribution is 0.453. The first-order valence-corrected chi connectivity index (χ1v) is 8.42. The minimum atomic E-state index is -0.0780. The Morgan fingerprint density at radius 3 is 2.19 bits per heavy atom. The molecular formula is C21H14ClN3O. The number of aromatic nitrogens is 3. The van der Waals surface area contributed by atoms with Crippen LogP contribution >= 0.6 is 11.6 Å². The van der Waals surface area contributed by atoms with Gasteiger partial charge in [0, 0.05) is 40.2 Å². The molecule has 2 aromatic carbocycles. The maximum Gasteiger partial charge on any atom is 0.215 e. The molecule has 0 unspecified atom stereocenters. The molecule has 0 saturated heterocycles. The maximum absolute atomic E-state index is 10.0. The van der Waals surface area contributed by atoms with Crippen LogP contribution in [0, 0.1) is 0 Å². The summed E-state index contributed by atoms with van der Waals surface area (Å²) in [6.07, 6.45) is 3.50. The number of hydrogen-bond donors (Lipinski definition) is 1. The van der Waals surface area contributed by atoms with E-state index in [0.717, 1.165) is 22.3 Å². The molecule has 2 aromatic heterocycles. The Hall–Kier alpha value is -3.24. The van der Waals surface area contributed by atoms with Gasteiger partial charge in [0.2, 0.25) is 5.88 Å². The van der Waals surface area contributed by atoms with Gasteiger partial charge in [-0.2, -0.15) is 4.98 Å². The number of aromatic hydroxyl groups is 1. The van der Waals surface area contributed by atoms with Crippen molar-refractivity contribution in [2.24, 2.45) is 0 Å². The number of rotatable bonds is 3. The maximum atomic E-state index is 10.0. The largest absolute Gasteiger partial charge is 0.493 e. The highest BCUT2D eigenvalue weighted by molar-refractivity contribution is 6.30. The number of halogens is 1. The Morgan fingerprint density at radius 1 is 0.692 bits per heavy atom. The van der Waals surface area contributed by atoms with E-state index >= 15 is 0 Å². The minimum absolute atomic E-state index is 0.0780. The molecule has 0 aliphatic carbocycles. The van der Waals surface area contributed by atoms with Crippen molar-refractivity contribution in [2.45, 2.75) is 0 Å². The quantitative estimate of drug-likeness (QED) is 0.544. The van der Waals surface area contributed by atoms with E-state index in [9.17, 15) is 5.11 Å². The zero-order chi connectivity index (χ0) is 17.9. The van der Waals surface area contributed by atoms with Crippen molar-refractivity contribution in [2.75, 3.05) is 0 Å². The van der Waals surface area contributed by atoms with Gasteiger partial charge in [0.15, 0.2) is 5.82 Å². The SMILES string of the molecule is Oc1cc(-c2cncc(-c3ccc(Cl)cc3)c2)nc(-c2ccccc2)n1. The van der Waals surface area contributed by atoms with Crippen molar-refractivity contribution in [1.82, 2.24) is 15.0 Å². The van der Waals surface area contributed by atoms with Gasteiger partial charge in [0.05, 0.1) is 5.69 Å². The summed E-state index contributed by atoms with van der Waals surface area (Å²) in [5, 5.41) is 10.7. The molecule has 0 fully saturated rings. The molecule has 5 heteroatoms. The second-order valence-electron chi connectivity index (χ2n) is 5.77. The smallest absolute Gasteiger partial charge is 0.215 e. The number of nitrogens with zero attached hydrogens (tertiary/aromatic N) is 3. The molecule has 0 aliphatic rings. The van der Waals surface area contributed by atoms with Gasteiger partial charge >= 0.3 is 0 Å². The third-order valence-electron chi connectivity index (χ3n) is 3.96. The van der Waals surface area contributed by atoms with E-state index in [1.165, 1.54) is 6.07 Å². The predicted octanol–water partition coefficient (Wildman–Crippen LogP) is 5.23. The molecule has 0 saturated carbocycles. The third-order valence-corrected chi connectivity index (χ3v) is 4.21. The van der Waals surface area contributed by atoms with E-state index in [0.29, 0.717) is 16.5 Å². The number of hydrogen-bond acceptors (Lipinski definition) is 4. The van der Waals surface area contributed by atoms with Crippen molar-refractivity contribution < 1.29 is 5.11 Å². The molecule has 0 radical (unpaired) electrons. The highest BCUT2D eigenvalue weighted by Gasteiger charge is 2.09. The molecule has 4 nitrogen and oxygen atoms in total. The van der Waals surface area contributed by atoms with Crippen LogP contribution in [0.15, 0.2) is 79.1 Å². The monoisotopic (exact) mass is 359 g/mol. The van der Waals surface area contributed by atoms with Crippen molar-refractivity contribution in [3.8, 4) is 39.7 Å². The van der Waals surface area contributed by atoms with Gasteiger partial charge in [-0.15, -0.1) is 0 Å². The fourth-order valence-corrected chi connectivity index (χ4v) is 2.80. The van der Waals surface area contributed by atoms with Crippen LogP contribution in [0.5, 0.6) is 5.88 Å². The van der Waals surface area contributed by atoms with Crippen molar-refractivity contribution >= 4 is 11.6 Å². The van der Waals surface area contributed by atoms with E-state index < -0.39 is 0 Å². The zero-order valence-electron chi connectivity index (χ0n) is 13.7. The molecule has 1 N–H and O–H groups in total. The summed E-state index contributed by atoms with van der Waals surface area (Å²) in [6.45, 7) is 0. The second kappa shape index (κ2) is 6.94. The lowest BCUT2D eigenvalue weighted by Crippen LogP contribution is -1.93. The summed E-state index contributed by atoms with van der Waals surface area (Å²) in [7, 11) is 0. The Bertz CT molecular complexity index is 1050. The fraction of sp³-hybridized carbons (Fsp3) is 0. The van der Waals surface area contributed by atoms with Crippen LogP contribution in [0.3, 0.4) is 0 Å². The lowest BCUT2D eigenvalue weighted by Gasteiger charge is -2.07. The van der Waals surface area contributed by atoms with Gasteiger partial charge in [0.1, 0.15) is 0 Å². The standard InChI is InChI=1S/C21H14ClN3O/c22-18-8-6-14(7-9-18)16-10-17(13-23-12-16)19-11-20(26)25-21(24-19)15-4-2-1-3-5-15/h1-13H,(H,24,25,26). The van der Waals surface area contributed by atoms with Crippen molar-refractivity contribution in [1.29, 1.82) is 0 Å². The molecule has 0 aliphatic heterocycles. The molecule has 126 valence electrons. The first-order chi connectivity index (χ1) is 12.7. The van der Waals surface area contributed by atoms with Crippen LogP contribution in [-0.2, 0) is 0 Å². The van der Waals surface area contributed by atoms with Crippen LogP contribution in [-0.4, -0.2) is 20.1 Å². The summed E-state index contributed by atoms with van der Waals surface area (Å²) in [4.78, 5) is 13.0. The van der Waals surface area contributed by atoms with Gasteiger partial charge in [-0.25, -0.2) is 4.98 Å². The van der Waals surface area contributed by atoms with Crippen LogP contribution in [0.4, 0.5) is 0 Å². The van der Waals surface area contributed by atoms with Gasteiger partial charge in [-0.1, -0.05) is 54.1 Å². The molecule has 0 atom stereocenters. The average molecular weight is 360 g/mol. The molecule has 26 heavy (non-hydrogen) atoms. The minimum Gasteiger partial charge on any atom is -0.493 e. The van der Waals surface area contributed by atoms with Gasteiger partial charge < -0.3 is 5.11 Å². The van der Waals surface area contributed by atoms with E-state index in [2.05, 4.69) is 15.0 Å². The lowest BCUT2D eigenvalue weighted by atomic mass is 10.0.